The van der Waals surface area contributed by atoms with Crippen LogP contribution in [0.3, 0.4) is 0 Å². The molecule has 0 saturated heterocycles. The molecule has 0 aliphatic heterocycles. The summed E-state index contributed by atoms with van der Waals surface area (Å²) in [5.74, 6) is 1.82. The van der Waals surface area contributed by atoms with Crippen molar-refractivity contribution in [2.24, 2.45) is 0 Å². The molecule has 0 radical (unpaired) electrons. The Kier molecular flexibility index (Phi) is 4.10. The molecule has 0 atom stereocenters. The van der Waals surface area contributed by atoms with Gasteiger partial charge in [-0.1, -0.05) is 19.1 Å². The van der Waals surface area contributed by atoms with Crippen LogP contribution < -0.4 is 10.3 Å². The molecule has 0 amide bonds. The fraction of sp³-hybridized carbons (Fsp3) is 0.375. The van der Waals surface area contributed by atoms with E-state index in [4.69, 9.17) is 4.74 Å². The molecule has 1 heterocycles. The molecule has 0 bridgehead atoms. The van der Waals surface area contributed by atoms with Crippen LogP contribution in [0.15, 0.2) is 33.5 Å². The lowest BCUT2D eigenvalue weighted by atomic mass is 10.2. The maximum absolute atomic E-state index is 12.0. The van der Waals surface area contributed by atoms with Gasteiger partial charge < -0.3 is 9.72 Å². The second kappa shape index (κ2) is 6.02. The van der Waals surface area contributed by atoms with Crippen LogP contribution >= 0.6 is 15.9 Å². The van der Waals surface area contributed by atoms with Gasteiger partial charge in [-0.25, -0.2) is 4.98 Å². The zero-order chi connectivity index (χ0) is 14.8. The summed E-state index contributed by atoms with van der Waals surface area (Å²) >= 11 is 3.35. The summed E-state index contributed by atoms with van der Waals surface area (Å²) in [7, 11) is 0. The van der Waals surface area contributed by atoms with Gasteiger partial charge in [0.25, 0.3) is 5.56 Å². The number of ether oxygens (including phenoxy) is 1. The first-order valence-corrected chi connectivity index (χ1v) is 8.01. The van der Waals surface area contributed by atoms with E-state index in [0.29, 0.717) is 22.8 Å². The van der Waals surface area contributed by atoms with Crippen molar-refractivity contribution in [3.63, 3.8) is 0 Å². The van der Waals surface area contributed by atoms with Gasteiger partial charge in [0.15, 0.2) is 0 Å². The lowest BCUT2D eigenvalue weighted by Gasteiger charge is -2.08. The fourth-order valence-corrected chi connectivity index (χ4v) is 2.70. The Bertz CT molecular complexity index is 708. The number of rotatable bonds is 5. The molecule has 1 aliphatic rings. The summed E-state index contributed by atoms with van der Waals surface area (Å²) in [6.07, 6.45) is 3.17. The van der Waals surface area contributed by atoms with E-state index >= 15 is 0 Å². The molecule has 1 fully saturated rings. The normalized spacial score (nSPS) is 14.2. The third-order valence-corrected chi connectivity index (χ3v) is 4.20. The van der Waals surface area contributed by atoms with Crippen LogP contribution in [0.1, 0.15) is 37.8 Å². The molecule has 5 heteroatoms. The summed E-state index contributed by atoms with van der Waals surface area (Å²) in [6.45, 7) is 2.75. The second-order valence-corrected chi connectivity index (χ2v) is 6.06. The van der Waals surface area contributed by atoms with Gasteiger partial charge in [0.1, 0.15) is 16.0 Å². The largest absolute Gasteiger partial charge is 0.494 e. The minimum absolute atomic E-state index is 0.123. The van der Waals surface area contributed by atoms with Crippen molar-refractivity contribution in [2.75, 3.05) is 6.61 Å². The molecule has 4 nitrogen and oxygen atoms in total. The quantitative estimate of drug-likeness (QED) is 0.892. The van der Waals surface area contributed by atoms with Gasteiger partial charge >= 0.3 is 0 Å². The summed E-state index contributed by atoms with van der Waals surface area (Å²) < 4.78 is 6.19. The zero-order valence-electron chi connectivity index (χ0n) is 11.9. The molecule has 21 heavy (non-hydrogen) atoms. The molecule has 3 rings (SSSR count). The van der Waals surface area contributed by atoms with Gasteiger partial charge in [0, 0.05) is 11.5 Å². The van der Waals surface area contributed by atoms with Crippen LogP contribution in [0.4, 0.5) is 0 Å². The lowest BCUT2D eigenvalue weighted by Crippen LogP contribution is -2.13. The summed E-state index contributed by atoms with van der Waals surface area (Å²) in [6, 6.07) is 7.68. The van der Waals surface area contributed by atoms with Crippen LogP contribution in [-0.4, -0.2) is 16.6 Å². The fourth-order valence-electron chi connectivity index (χ4n) is 2.19. The first-order valence-electron chi connectivity index (χ1n) is 7.22. The number of benzene rings is 1. The molecule has 110 valence electrons. The third-order valence-electron chi connectivity index (χ3n) is 3.43. The van der Waals surface area contributed by atoms with Gasteiger partial charge in [-0.05, 0) is 47.3 Å². The summed E-state index contributed by atoms with van der Waals surface area (Å²) in [5, 5.41) is 0. The van der Waals surface area contributed by atoms with E-state index in [9.17, 15) is 4.79 Å². The number of nitrogens with one attached hydrogen (secondary N) is 1. The Balaban J connectivity index is 1.98. The number of aromatic nitrogens is 2. The van der Waals surface area contributed by atoms with Crippen molar-refractivity contribution in [1.29, 1.82) is 0 Å². The van der Waals surface area contributed by atoms with Gasteiger partial charge in [-0.2, -0.15) is 0 Å². The standard InChI is InChI=1S/C16H17BrN2O2/c1-2-8-21-12-5-3-4-11(9-12)15-18-14(10-6-7-10)13(17)16(20)19-15/h3-5,9-10H,2,6-8H2,1H3,(H,18,19,20). The predicted octanol–water partition coefficient (Wildman–Crippen LogP) is 3.87. The Morgan fingerprint density at radius 1 is 1.43 bits per heavy atom. The van der Waals surface area contributed by atoms with Crippen molar-refractivity contribution < 1.29 is 4.74 Å². The average molecular weight is 349 g/mol. The summed E-state index contributed by atoms with van der Waals surface area (Å²) in [4.78, 5) is 19.5. The number of halogens is 1. The minimum Gasteiger partial charge on any atom is -0.494 e. The Hall–Kier alpha value is -1.62. The molecule has 0 spiro atoms. The highest BCUT2D eigenvalue weighted by Gasteiger charge is 2.29. The number of nitrogens with zero attached hydrogens (tertiary/aromatic N) is 1. The monoisotopic (exact) mass is 348 g/mol. The molecular formula is C16H17BrN2O2. The van der Waals surface area contributed by atoms with Crippen molar-refractivity contribution in [3.05, 3.63) is 44.8 Å². The number of hydrogen-bond acceptors (Lipinski definition) is 3. The maximum atomic E-state index is 12.0. The number of H-pyrrole nitrogens is 1. The van der Waals surface area contributed by atoms with Crippen LogP contribution in [-0.2, 0) is 0 Å². The van der Waals surface area contributed by atoms with Crippen LogP contribution in [0.5, 0.6) is 5.75 Å². The lowest BCUT2D eigenvalue weighted by molar-refractivity contribution is 0.317. The van der Waals surface area contributed by atoms with Crippen LogP contribution in [0.2, 0.25) is 0 Å². The van der Waals surface area contributed by atoms with Crippen molar-refractivity contribution in [3.8, 4) is 17.1 Å². The highest BCUT2D eigenvalue weighted by atomic mass is 79.9. The topological polar surface area (TPSA) is 55.0 Å². The molecule has 1 aliphatic carbocycles. The van der Waals surface area contributed by atoms with E-state index in [-0.39, 0.29) is 5.56 Å². The third kappa shape index (κ3) is 3.18. The molecule has 0 unspecified atom stereocenters. The maximum Gasteiger partial charge on any atom is 0.265 e. The van der Waals surface area contributed by atoms with Crippen LogP contribution in [0.25, 0.3) is 11.4 Å². The highest BCUT2D eigenvalue weighted by Crippen LogP contribution is 2.41. The SMILES string of the molecule is CCCOc1cccc(-c2nc(C3CC3)c(Br)c(=O)[nH]2)c1. The van der Waals surface area contributed by atoms with E-state index in [1.54, 1.807) is 0 Å². The van der Waals surface area contributed by atoms with Gasteiger partial charge in [0.2, 0.25) is 0 Å². The number of hydrogen-bond donors (Lipinski definition) is 1. The van der Waals surface area contributed by atoms with Crippen molar-refractivity contribution in [2.45, 2.75) is 32.1 Å². The predicted molar refractivity (Wildman–Crippen MR) is 85.8 cm³/mol. The first kappa shape index (κ1) is 14.3. The number of aromatic amines is 1. The van der Waals surface area contributed by atoms with Gasteiger partial charge in [-0.15, -0.1) is 0 Å². The molecule has 1 saturated carbocycles. The van der Waals surface area contributed by atoms with Crippen molar-refractivity contribution >= 4 is 15.9 Å². The Morgan fingerprint density at radius 3 is 2.95 bits per heavy atom. The zero-order valence-corrected chi connectivity index (χ0v) is 13.4. The Morgan fingerprint density at radius 2 is 2.24 bits per heavy atom. The second-order valence-electron chi connectivity index (χ2n) is 5.26. The molecular weight excluding hydrogens is 332 g/mol. The van der Waals surface area contributed by atoms with E-state index < -0.39 is 0 Å². The smallest absolute Gasteiger partial charge is 0.265 e. The van der Waals surface area contributed by atoms with E-state index in [2.05, 4.69) is 32.8 Å². The molecule has 1 N–H and O–H groups in total. The molecule has 2 aromatic rings. The van der Waals surface area contributed by atoms with Gasteiger partial charge in [-0.3, -0.25) is 4.79 Å². The van der Waals surface area contributed by atoms with Gasteiger partial charge in [0.05, 0.1) is 12.3 Å². The van der Waals surface area contributed by atoms with E-state index in [1.807, 2.05) is 24.3 Å². The molecule has 1 aromatic heterocycles. The minimum atomic E-state index is -0.123. The molecule has 1 aromatic carbocycles. The Labute approximate surface area is 131 Å². The first-order chi connectivity index (χ1) is 10.2. The highest BCUT2D eigenvalue weighted by molar-refractivity contribution is 9.10. The van der Waals surface area contributed by atoms with Crippen molar-refractivity contribution in [1.82, 2.24) is 9.97 Å². The summed E-state index contributed by atoms with van der Waals surface area (Å²) in [5.41, 5.74) is 1.62. The average Bonchev–Trinajstić information content (AvgIpc) is 3.33. The van der Waals surface area contributed by atoms with E-state index in [0.717, 1.165) is 36.3 Å². The van der Waals surface area contributed by atoms with E-state index in [1.165, 1.54) is 0 Å². The van der Waals surface area contributed by atoms with Crippen LogP contribution in [0, 0.1) is 0 Å².